The summed E-state index contributed by atoms with van der Waals surface area (Å²) in [5.74, 6) is 1.59. The lowest BCUT2D eigenvalue weighted by molar-refractivity contribution is 1.08. The van der Waals surface area contributed by atoms with Gasteiger partial charge < -0.3 is 4.40 Å². The van der Waals surface area contributed by atoms with E-state index in [1.165, 1.54) is 70.8 Å². The topological polar surface area (TPSA) is 35.1 Å². The summed E-state index contributed by atoms with van der Waals surface area (Å²) in [6.07, 6.45) is 0. The SMILES string of the molecule is c1ccc(-c2ccc3c(c2)c2cc4c5ccccc5n5c6ccccc6c(c2n3-c2nc(-c3ccc6ccccc6c3)nc3ccccc23)c45)cc1. The van der Waals surface area contributed by atoms with Gasteiger partial charge in [0.1, 0.15) is 5.82 Å². The zero-order valence-electron chi connectivity index (χ0n) is 28.0. The molecule has 0 bridgehead atoms. The Hall–Kier alpha value is -7.04. The van der Waals surface area contributed by atoms with Crippen LogP contribution < -0.4 is 0 Å². The average molecular weight is 661 g/mol. The molecule has 0 saturated carbocycles. The Kier molecular flexibility index (Phi) is 5.47. The van der Waals surface area contributed by atoms with E-state index in [4.69, 9.17) is 9.97 Å². The highest BCUT2D eigenvalue weighted by molar-refractivity contribution is 6.34. The van der Waals surface area contributed by atoms with Crippen LogP contribution >= 0.6 is 0 Å². The third kappa shape index (κ3) is 3.70. The highest BCUT2D eigenvalue weighted by Crippen LogP contribution is 2.47. The number of aromatic nitrogens is 4. The molecule has 4 aromatic heterocycles. The molecule has 240 valence electrons. The molecule has 12 rings (SSSR count). The van der Waals surface area contributed by atoms with Crippen molar-refractivity contribution in [2.24, 2.45) is 0 Å². The first-order valence-electron chi connectivity index (χ1n) is 17.8. The smallest absolute Gasteiger partial charge is 0.162 e. The van der Waals surface area contributed by atoms with Crippen molar-refractivity contribution in [2.75, 3.05) is 0 Å². The van der Waals surface area contributed by atoms with Crippen LogP contribution in [0.4, 0.5) is 0 Å². The highest BCUT2D eigenvalue weighted by atomic mass is 15.1. The summed E-state index contributed by atoms with van der Waals surface area (Å²) in [7, 11) is 0. The van der Waals surface area contributed by atoms with E-state index in [1.54, 1.807) is 0 Å². The number of nitrogens with zero attached hydrogens (tertiary/aromatic N) is 4. The van der Waals surface area contributed by atoms with Crippen LogP contribution in [0.2, 0.25) is 0 Å². The lowest BCUT2D eigenvalue weighted by atomic mass is 10.0. The fraction of sp³-hybridized carbons (Fsp3) is 0. The van der Waals surface area contributed by atoms with E-state index >= 15 is 0 Å². The summed E-state index contributed by atoms with van der Waals surface area (Å²) >= 11 is 0. The Bertz CT molecular complexity index is 3410. The molecule has 0 fully saturated rings. The Balaban J connectivity index is 1.29. The van der Waals surface area contributed by atoms with E-state index in [1.807, 2.05) is 0 Å². The second-order valence-electron chi connectivity index (χ2n) is 13.8. The average Bonchev–Trinajstić information content (AvgIpc) is 3.85. The van der Waals surface area contributed by atoms with Gasteiger partial charge in [-0.1, -0.05) is 121 Å². The molecule has 4 nitrogen and oxygen atoms in total. The van der Waals surface area contributed by atoms with Gasteiger partial charge in [0.2, 0.25) is 0 Å². The molecule has 0 aliphatic rings. The van der Waals surface area contributed by atoms with Crippen molar-refractivity contribution in [3.05, 3.63) is 170 Å². The number of hydrogen-bond donors (Lipinski definition) is 0. The van der Waals surface area contributed by atoms with Gasteiger partial charge in [0.15, 0.2) is 5.82 Å². The van der Waals surface area contributed by atoms with Crippen LogP contribution in [-0.2, 0) is 0 Å². The maximum Gasteiger partial charge on any atom is 0.162 e. The molecule has 0 aliphatic carbocycles. The molecule has 0 unspecified atom stereocenters. The summed E-state index contributed by atoms with van der Waals surface area (Å²) in [5.41, 5.74) is 10.3. The first kappa shape index (κ1) is 27.7. The molecule has 4 heteroatoms. The Labute approximate surface area is 297 Å². The van der Waals surface area contributed by atoms with Crippen LogP contribution in [0.25, 0.3) is 110 Å². The molecule has 4 heterocycles. The van der Waals surface area contributed by atoms with E-state index in [-0.39, 0.29) is 0 Å². The van der Waals surface area contributed by atoms with Crippen LogP contribution in [0.5, 0.6) is 0 Å². The maximum absolute atomic E-state index is 5.52. The van der Waals surface area contributed by atoms with Gasteiger partial charge in [-0.2, -0.15) is 0 Å². The van der Waals surface area contributed by atoms with Gasteiger partial charge in [-0.05, 0) is 70.4 Å². The highest BCUT2D eigenvalue weighted by Gasteiger charge is 2.26. The monoisotopic (exact) mass is 660 g/mol. The molecule has 12 aromatic rings. The number of hydrogen-bond acceptors (Lipinski definition) is 2. The van der Waals surface area contributed by atoms with Crippen molar-refractivity contribution in [1.29, 1.82) is 0 Å². The Morgan fingerprint density at radius 1 is 0.365 bits per heavy atom. The predicted molar refractivity (Wildman–Crippen MR) is 217 cm³/mol. The van der Waals surface area contributed by atoms with Crippen LogP contribution in [-0.4, -0.2) is 18.9 Å². The zero-order chi connectivity index (χ0) is 33.9. The lowest BCUT2D eigenvalue weighted by Crippen LogP contribution is -2.03. The molecule has 0 atom stereocenters. The normalized spacial score (nSPS) is 12.2. The molecule has 0 saturated heterocycles. The third-order valence-electron chi connectivity index (χ3n) is 11.0. The van der Waals surface area contributed by atoms with Crippen molar-refractivity contribution in [2.45, 2.75) is 0 Å². The van der Waals surface area contributed by atoms with Crippen LogP contribution in [0.15, 0.2) is 170 Å². The molecule has 0 N–H and O–H groups in total. The fourth-order valence-electron chi connectivity index (χ4n) is 8.73. The van der Waals surface area contributed by atoms with Gasteiger partial charge in [0.05, 0.1) is 33.1 Å². The van der Waals surface area contributed by atoms with Gasteiger partial charge in [-0.25, -0.2) is 9.97 Å². The lowest BCUT2D eigenvalue weighted by Gasteiger charge is -2.14. The van der Waals surface area contributed by atoms with Gasteiger partial charge in [0, 0.05) is 43.3 Å². The summed E-state index contributed by atoms with van der Waals surface area (Å²) in [5, 5.41) is 10.8. The first-order valence-corrected chi connectivity index (χ1v) is 17.8. The number of rotatable bonds is 3. The molecular weight excluding hydrogens is 633 g/mol. The summed E-state index contributed by atoms with van der Waals surface area (Å²) in [6, 6.07) is 61.1. The minimum Gasteiger partial charge on any atom is -0.308 e. The van der Waals surface area contributed by atoms with Gasteiger partial charge in [0.25, 0.3) is 0 Å². The summed E-state index contributed by atoms with van der Waals surface area (Å²) in [4.78, 5) is 10.7. The minimum atomic E-state index is 0.711. The van der Waals surface area contributed by atoms with E-state index < -0.39 is 0 Å². The van der Waals surface area contributed by atoms with Crippen molar-refractivity contribution in [3.63, 3.8) is 0 Å². The number of fused-ring (bicyclic) bond motifs is 12. The largest absolute Gasteiger partial charge is 0.308 e. The van der Waals surface area contributed by atoms with Gasteiger partial charge in [-0.15, -0.1) is 0 Å². The van der Waals surface area contributed by atoms with Crippen molar-refractivity contribution >= 4 is 81.6 Å². The standard InChI is InChI=1S/C48H28N4/c1-2-12-29(13-3-1)32-24-25-43-37(27-32)39-28-38-34-16-7-10-20-41(34)51-42-21-11-8-18-36(42)44(45(38)51)46(39)52(43)48-35-17-6-9-19-40(35)49-47(50-48)33-23-22-30-14-4-5-15-31(30)26-33/h1-28H. The third-order valence-corrected chi connectivity index (χ3v) is 11.0. The molecule has 8 aromatic carbocycles. The van der Waals surface area contributed by atoms with Crippen LogP contribution in [0.1, 0.15) is 0 Å². The molecule has 0 amide bonds. The number of para-hydroxylation sites is 3. The zero-order valence-corrected chi connectivity index (χ0v) is 28.0. The van der Waals surface area contributed by atoms with Crippen molar-refractivity contribution in [1.82, 2.24) is 18.9 Å². The van der Waals surface area contributed by atoms with Gasteiger partial charge in [-0.3, -0.25) is 4.57 Å². The van der Waals surface area contributed by atoms with Gasteiger partial charge >= 0.3 is 0 Å². The summed E-state index contributed by atoms with van der Waals surface area (Å²) in [6.45, 7) is 0. The Morgan fingerprint density at radius 3 is 1.90 bits per heavy atom. The predicted octanol–water partition coefficient (Wildman–Crippen LogP) is 12.4. The second kappa shape index (κ2) is 10.3. The quantitative estimate of drug-likeness (QED) is 0.189. The van der Waals surface area contributed by atoms with Crippen molar-refractivity contribution in [3.8, 4) is 28.3 Å². The molecular formula is C48H28N4. The van der Waals surface area contributed by atoms with E-state index in [9.17, 15) is 0 Å². The molecule has 0 radical (unpaired) electrons. The first-order chi connectivity index (χ1) is 25.8. The fourth-order valence-corrected chi connectivity index (χ4v) is 8.73. The maximum atomic E-state index is 5.52. The second-order valence-corrected chi connectivity index (χ2v) is 13.8. The molecule has 52 heavy (non-hydrogen) atoms. The van der Waals surface area contributed by atoms with Crippen LogP contribution in [0.3, 0.4) is 0 Å². The molecule has 0 spiro atoms. The summed E-state index contributed by atoms with van der Waals surface area (Å²) < 4.78 is 4.89. The van der Waals surface area contributed by atoms with E-state index in [0.29, 0.717) is 5.82 Å². The van der Waals surface area contributed by atoms with Crippen molar-refractivity contribution < 1.29 is 0 Å². The Morgan fingerprint density at radius 2 is 1.04 bits per heavy atom. The van der Waals surface area contributed by atoms with Crippen LogP contribution in [0, 0.1) is 0 Å². The number of benzene rings is 8. The van der Waals surface area contributed by atoms with E-state index in [0.717, 1.165) is 33.3 Å². The minimum absolute atomic E-state index is 0.711. The molecule has 0 aliphatic heterocycles. The van der Waals surface area contributed by atoms with E-state index in [2.05, 4.69) is 179 Å².